The smallest absolute Gasteiger partial charge is 0.189 e. The molecule has 0 spiro atoms. The second kappa shape index (κ2) is 7.35. The first kappa shape index (κ1) is 16.4. The van der Waals surface area contributed by atoms with E-state index in [1.54, 1.807) is 32.4 Å². The molecule has 2 aromatic carbocycles. The molecule has 2 rings (SSSR count). The lowest BCUT2D eigenvalue weighted by molar-refractivity contribution is 0.104. The van der Waals surface area contributed by atoms with E-state index in [9.17, 15) is 9.90 Å². The Balaban J connectivity index is 2.25. The molecule has 120 valence electrons. The quantitative estimate of drug-likeness (QED) is 0.654. The lowest BCUT2D eigenvalue weighted by Crippen LogP contribution is -1.98. The van der Waals surface area contributed by atoms with Gasteiger partial charge >= 0.3 is 0 Å². The van der Waals surface area contributed by atoms with Crippen LogP contribution in [-0.2, 0) is 0 Å². The molecule has 0 aliphatic carbocycles. The molecule has 23 heavy (non-hydrogen) atoms. The van der Waals surface area contributed by atoms with E-state index in [1.807, 2.05) is 6.07 Å². The lowest BCUT2D eigenvalue weighted by atomic mass is 10.1. The molecule has 1 N–H and O–H groups in total. The Bertz CT molecular complexity index is 734. The van der Waals surface area contributed by atoms with E-state index in [1.165, 1.54) is 31.4 Å². The third-order valence-electron chi connectivity index (χ3n) is 3.29. The normalized spacial score (nSPS) is 10.6. The first-order valence-corrected chi connectivity index (χ1v) is 6.90. The van der Waals surface area contributed by atoms with Crippen LogP contribution in [0, 0.1) is 0 Å². The molecule has 0 fully saturated rings. The number of hydrogen-bond acceptors (Lipinski definition) is 5. The maximum atomic E-state index is 12.3. The van der Waals surface area contributed by atoms with Crippen LogP contribution in [0.25, 0.3) is 6.08 Å². The highest BCUT2D eigenvalue weighted by atomic mass is 16.5. The van der Waals surface area contributed by atoms with Crippen LogP contribution in [0.2, 0.25) is 0 Å². The van der Waals surface area contributed by atoms with Gasteiger partial charge in [-0.15, -0.1) is 0 Å². The fourth-order valence-electron chi connectivity index (χ4n) is 2.10. The Morgan fingerprint density at radius 3 is 2.26 bits per heavy atom. The summed E-state index contributed by atoms with van der Waals surface area (Å²) >= 11 is 0. The number of allylic oxidation sites excluding steroid dienone is 1. The summed E-state index contributed by atoms with van der Waals surface area (Å²) in [6.45, 7) is 0. The summed E-state index contributed by atoms with van der Waals surface area (Å²) in [5.41, 5.74) is 1.18. The molecule has 0 saturated carbocycles. The van der Waals surface area contributed by atoms with Crippen LogP contribution in [-0.4, -0.2) is 32.2 Å². The van der Waals surface area contributed by atoms with Crippen LogP contribution < -0.4 is 14.2 Å². The van der Waals surface area contributed by atoms with Crippen LogP contribution in [0.15, 0.2) is 42.5 Å². The van der Waals surface area contributed by atoms with Crippen molar-refractivity contribution in [1.29, 1.82) is 0 Å². The van der Waals surface area contributed by atoms with Gasteiger partial charge in [0.25, 0.3) is 0 Å². The van der Waals surface area contributed by atoms with Crippen LogP contribution in [0.5, 0.6) is 23.0 Å². The number of carbonyl (C=O) groups excluding carboxylic acids is 1. The standard InChI is InChI=1S/C18H18O5/c1-21-16-9-5-12(10-18(16)23-3)4-8-15(20)14-7-6-13(19)11-17(14)22-2/h4-11,19H,1-3H3/b8-4+. The van der Waals surface area contributed by atoms with Crippen molar-refractivity contribution in [3.8, 4) is 23.0 Å². The molecule has 0 aromatic heterocycles. The first-order valence-electron chi connectivity index (χ1n) is 6.90. The van der Waals surface area contributed by atoms with Crippen LogP contribution in [0.3, 0.4) is 0 Å². The lowest BCUT2D eigenvalue weighted by Gasteiger charge is -2.08. The van der Waals surface area contributed by atoms with Crippen molar-refractivity contribution in [3.05, 3.63) is 53.6 Å². The molecule has 0 amide bonds. The van der Waals surface area contributed by atoms with E-state index < -0.39 is 0 Å². The van der Waals surface area contributed by atoms with Gasteiger partial charge in [-0.25, -0.2) is 0 Å². The van der Waals surface area contributed by atoms with Gasteiger partial charge in [0.05, 0.1) is 26.9 Å². The number of carbonyl (C=O) groups is 1. The molecule has 0 radical (unpaired) electrons. The highest BCUT2D eigenvalue weighted by Gasteiger charge is 2.10. The van der Waals surface area contributed by atoms with E-state index in [0.29, 0.717) is 22.8 Å². The minimum Gasteiger partial charge on any atom is -0.508 e. The SMILES string of the molecule is COc1ccc(/C=C/C(=O)c2ccc(O)cc2OC)cc1OC. The Kier molecular flexibility index (Phi) is 5.25. The van der Waals surface area contributed by atoms with Crippen LogP contribution in [0.4, 0.5) is 0 Å². The van der Waals surface area contributed by atoms with E-state index in [2.05, 4.69) is 0 Å². The third-order valence-corrected chi connectivity index (χ3v) is 3.29. The van der Waals surface area contributed by atoms with Crippen molar-refractivity contribution in [2.24, 2.45) is 0 Å². The van der Waals surface area contributed by atoms with Crippen molar-refractivity contribution in [3.63, 3.8) is 0 Å². The summed E-state index contributed by atoms with van der Waals surface area (Å²) in [7, 11) is 4.56. The summed E-state index contributed by atoms with van der Waals surface area (Å²) in [6, 6.07) is 9.73. The van der Waals surface area contributed by atoms with Crippen molar-refractivity contribution >= 4 is 11.9 Å². The Morgan fingerprint density at radius 1 is 0.913 bits per heavy atom. The van der Waals surface area contributed by atoms with Gasteiger partial charge in [0.2, 0.25) is 0 Å². The van der Waals surface area contributed by atoms with E-state index in [-0.39, 0.29) is 11.5 Å². The molecule has 0 aliphatic heterocycles. The van der Waals surface area contributed by atoms with Gasteiger partial charge in [-0.05, 0) is 35.9 Å². The molecule has 0 heterocycles. The van der Waals surface area contributed by atoms with Crippen molar-refractivity contribution < 1.29 is 24.1 Å². The molecule has 0 unspecified atom stereocenters. The minimum absolute atomic E-state index is 0.0438. The minimum atomic E-state index is -0.225. The molecule has 0 bridgehead atoms. The summed E-state index contributed by atoms with van der Waals surface area (Å²) in [6.07, 6.45) is 3.12. The molecule has 0 saturated heterocycles. The topological polar surface area (TPSA) is 65.0 Å². The van der Waals surface area contributed by atoms with Gasteiger partial charge < -0.3 is 19.3 Å². The summed E-state index contributed by atoms with van der Waals surface area (Å²) < 4.78 is 15.5. The molecular formula is C18H18O5. The number of benzene rings is 2. The molecule has 2 aromatic rings. The number of phenols is 1. The van der Waals surface area contributed by atoms with Gasteiger partial charge in [-0.3, -0.25) is 4.79 Å². The summed E-state index contributed by atoms with van der Waals surface area (Å²) in [5.74, 6) is 1.35. The molecule has 0 aliphatic rings. The molecule has 0 atom stereocenters. The summed E-state index contributed by atoms with van der Waals surface area (Å²) in [5, 5.41) is 9.43. The number of rotatable bonds is 6. The maximum Gasteiger partial charge on any atom is 0.189 e. The molecular weight excluding hydrogens is 296 g/mol. The predicted octanol–water partition coefficient (Wildman–Crippen LogP) is 3.31. The van der Waals surface area contributed by atoms with Crippen molar-refractivity contribution in [2.75, 3.05) is 21.3 Å². The molecule has 5 heteroatoms. The monoisotopic (exact) mass is 314 g/mol. The zero-order valence-electron chi connectivity index (χ0n) is 13.2. The number of ether oxygens (including phenoxy) is 3. The Hall–Kier alpha value is -2.95. The highest BCUT2D eigenvalue weighted by molar-refractivity contribution is 6.08. The van der Waals surface area contributed by atoms with Gasteiger partial charge in [-0.2, -0.15) is 0 Å². The number of aromatic hydroxyl groups is 1. The number of ketones is 1. The average Bonchev–Trinajstić information content (AvgIpc) is 2.59. The zero-order valence-corrected chi connectivity index (χ0v) is 13.2. The van der Waals surface area contributed by atoms with Gasteiger partial charge in [0.1, 0.15) is 11.5 Å². The maximum absolute atomic E-state index is 12.3. The molecule has 5 nitrogen and oxygen atoms in total. The average molecular weight is 314 g/mol. The van der Waals surface area contributed by atoms with Crippen molar-refractivity contribution in [1.82, 2.24) is 0 Å². The number of phenolic OH excluding ortho intramolecular Hbond substituents is 1. The number of methoxy groups -OCH3 is 3. The van der Waals surface area contributed by atoms with Gasteiger partial charge in [-0.1, -0.05) is 12.1 Å². The highest BCUT2D eigenvalue weighted by Crippen LogP contribution is 2.28. The van der Waals surface area contributed by atoms with E-state index in [4.69, 9.17) is 14.2 Å². The zero-order chi connectivity index (χ0) is 16.8. The fraction of sp³-hybridized carbons (Fsp3) is 0.167. The van der Waals surface area contributed by atoms with Crippen LogP contribution in [0.1, 0.15) is 15.9 Å². The summed E-state index contributed by atoms with van der Waals surface area (Å²) in [4.78, 5) is 12.3. The van der Waals surface area contributed by atoms with Crippen LogP contribution >= 0.6 is 0 Å². The second-order valence-corrected chi connectivity index (χ2v) is 4.70. The fourth-order valence-corrected chi connectivity index (χ4v) is 2.10. The first-order chi connectivity index (χ1) is 11.1. The van der Waals surface area contributed by atoms with E-state index >= 15 is 0 Å². The Labute approximate surface area is 134 Å². The van der Waals surface area contributed by atoms with Gasteiger partial charge in [0, 0.05) is 6.07 Å². The largest absolute Gasteiger partial charge is 0.508 e. The number of hydrogen-bond donors (Lipinski definition) is 1. The van der Waals surface area contributed by atoms with Crippen molar-refractivity contribution in [2.45, 2.75) is 0 Å². The predicted molar refractivity (Wildman–Crippen MR) is 87.6 cm³/mol. The van der Waals surface area contributed by atoms with E-state index in [0.717, 1.165) is 5.56 Å². The second-order valence-electron chi connectivity index (χ2n) is 4.70. The third kappa shape index (κ3) is 3.83. The van der Waals surface area contributed by atoms with Gasteiger partial charge in [0.15, 0.2) is 17.3 Å². The Morgan fingerprint density at radius 2 is 1.61 bits per heavy atom.